The summed E-state index contributed by atoms with van der Waals surface area (Å²) >= 11 is 0. The van der Waals surface area contributed by atoms with E-state index < -0.39 is 9.84 Å². The van der Waals surface area contributed by atoms with E-state index in [1.165, 1.54) is 29.5 Å². The SMILES string of the molecule is CC(C)S(=O)(=O)CCCCCC(=O)Cc1cccc2c1CCCC2. The lowest BCUT2D eigenvalue weighted by Gasteiger charge is -2.19. The largest absolute Gasteiger partial charge is 0.299 e. The molecule has 0 aromatic heterocycles. The maximum absolute atomic E-state index is 12.2. The van der Waals surface area contributed by atoms with E-state index in [1.54, 1.807) is 13.8 Å². The lowest BCUT2D eigenvalue weighted by atomic mass is 9.86. The van der Waals surface area contributed by atoms with Crippen LogP contribution in [0.5, 0.6) is 0 Å². The fourth-order valence-corrected chi connectivity index (χ4v) is 4.44. The van der Waals surface area contributed by atoms with Gasteiger partial charge < -0.3 is 0 Å². The van der Waals surface area contributed by atoms with Crippen LogP contribution in [0.2, 0.25) is 0 Å². The van der Waals surface area contributed by atoms with Crippen molar-refractivity contribution < 1.29 is 13.2 Å². The van der Waals surface area contributed by atoms with Crippen LogP contribution in [-0.4, -0.2) is 25.2 Å². The van der Waals surface area contributed by atoms with Gasteiger partial charge in [-0.1, -0.05) is 24.6 Å². The summed E-state index contributed by atoms with van der Waals surface area (Å²) in [6.07, 6.45) is 8.08. The minimum absolute atomic E-state index is 0.241. The molecule has 24 heavy (non-hydrogen) atoms. The molecule has 0 fully saturated rings. The number of hydrogen-bond donors (Lipinski definition) is 0. The number of Topliss-reactive ketones (excluding diaryl/α,β-unsaturated/α-hetero) is 1. The van der Waals surface area contributed by atoms with Crippen molar-refractivity contribution in [1.82, 2.24) is 0 Å². The molecule has 1 aliphatic rings. The Labute approximate surface area is 146 Å². The lowest BCUT2D eigenvalue weighted by Crippen LogP contribution is -2.17. The first kappa shape index (κ1) is 19.2. The van der Waals surface area contributed by atoms with Crippen LogP contribution in [0.15, 0.2) is 18.2 Å². The summed E-state index contributed by atoms with van der Waals surface area (Å²) in [6, 6.07) is 6.36. The molecule has 0 saturated heterocycles. The summed E-state index contributed by atoms with van der Waals surface area (Å²) in [6.45, 7) is 3.44. The fraction of sp³-hybridized carbons (Fsp3) is 0.650. The number of carbonyl (C=O) groups is 1. The van der Waals surface area contributed by atoms with Crippen LogP contribution in [0.3, 0.4) is 0 Å². The highest BCUT2D eigenvalue weighted by atomic mass is 32.2. The quantitative estimate of drug-likeness (QED) is 0.631. The summed E-state index contributed by atoms with van der Waals surface area (Å²) < 4.78 is 23.5. The average Bonchev–Trinajstić information content (AvgIpc) is 2.54. The summed E-state index contributed by atoms with van der Waals surface area (Å²) in [4.78, 5) is 12.2. The van der Waals surface area contributed by atoms with Crippen LogP contribution >= 0.6 is 0 Å². The molecule has 0 aliphatic heterocycles. The average molecular weight is 351 g/mol. The molecule has 134 valence electrons. The molecule has 4 heteroatoms. The van der Waals surface area contributed by atoms with Crippen molar-refractivity contribution >= 4 is 15.6 Å². The zero-order valence-corrected chi connectivity index (χ0v) is 15.8. The first-order valence-electron chi connectivity index (χ1n) is 9.23. The van der Waals surface area contributed by atoms with E-state index >= 15 is 0 Å². The third kappa shape index (κ3) is 5.44. The molecule has 2 rings (SSSR count). The molecule has 0 bridgehead atoms. The van der Waals surface area contributed by atoms with Gasteiger partial charge in [-0.15, -0.1) is 0 Å². The number of aryl methyl sites for hydroxylation is 1. The van der Waals surface area contributed by atoms with Crippen LogP contribution in [0.4, 0.5) is 0 Å². The molecule has 0 N–H and O–H groups in total. The second-order valence-electron chi connectivity index (χ2n) is 7.20. The van der Waals surface area contributed by atoms with Crippen molar-refractivity contribution in [2.75, 3.05) is 5.75 Å². The van der Waals surface area contributed by atoms with E-state index in [0.29, 0.717) is 19.3 Å². The van der Waals surface area contributed by atoms with Gasteiger partial charge in [-0.05, 0) is 69.1 Å². The Balaban J connectivity index is 1.75. The van der Waals surface area contributed by atoms with Gasteiger partial charge in [-0.2, -0.15) is 0 Å². The van der Waals surface area contributed by atoms with Crippen LogP contribution in [0.1, 0.15) is 69.1 Å². The summed E-state index contributed by atoms with van der Waals surface area (Å²) in [5.41, 5.74) is 4.03. The Morgan fingerprint density at radius 1 is 1.08 bits per heavy atom. The number of unbranched alkanes of at least 4 members (excludes halogenated alkanes) is 2. The maximum Gasteiger partial charge on any atom is 0.152 e. The van der Waals surface area contributed by atoms with E-state index in [-0.39, 0.29) is 16.8 Å². The number of rotatable bonds is 9. The molecule has 0 radical (unpaired) electrons. The summed E-state index contributed by atoms with van der Waals surface area (Å²) in [5, 5.41) is -0.302. The maximum atomic E-state index is 12.2. The second kappa shape index (κ2) is 8.80. The van der Waals surface area contributed by atoms with Crippen molar-refractivity contribution in [2.45, 2.75) is 76.9 Å². The molecule has 0 unspecified atom stereocenters. The molecular weight excluding hydrogens is 320 g/mol. The number of ketones is 1. The number of benzene rings is 1. The van der Waals surface area contributed by atoms with E-state index in [4.69, 9.17) is 0 Å². The minimum Gasteiger partial charge on any atom is -0.299 e. The molecule has 0 amide bonds. The van der Waals surface area contributed by atoms with Crippen LogP contribution in [0.25, 0.3) is 0 Å². The van der Waals surface area contributed by atoms with Crippen molar-refractivity contribution in [3.8, 4) is 0 Å². The zero-order chi connectivity index (χ0) is 17.6. The van der Waals surface area contributed by atoms with E-state index in [2.05, 4.69) is 18.2 Å². The summed E-state index contributed by atoms with van der Waals surface area (Å²) in [5.74, 6) is 0.520. The topological polar surface area (TPSA) is 51.2 Å². The molecule has 0 saturated carbocycles. The van der Waals surface area contributed by atoms with E-state index in [1.807, 2.05) is 0 Å². The number of carbonyl (C=O) groups excluding carboxylic acids is 1. The highest BCUT2D eigenvalue weighted by Crippen LogP contribution is 2.25. The lowest BCUT2D eigenvalue weighted by molar-refractivity contribution is -0.118. The Morgan fingerprint density at radius 3 is 2.58 bits per heavy atom. The Bertz CT molecular complexity index is 659. The van der Waals surface area contributed by atoms with Crippen molar-refractivity contribution in [3.63, 3.8) is 0 Å². The molecule has 0 atom stereocenters. The van der Waals surface area contributed by atoms with Gasteiger partial charge in [0.15, 0.2) is 9.84 Å². The zero-order valence-electron chi connectivity index (χ0n) is 15.0. The van der Waals surface area contributed by atoms with Gasteiger partial charge in [0, 0.05) is 12.8 Å². The summed E-state index contributed by atoms with van der Waals surface area (Å²) in [7, 11) is -2.94. The Hall–Kier alpha value is -1.16. The molecule has 0 heterocycles. The predicted molar refractivity (Wildman–Crippen MR) is 99.2 cm³/mol. The predicted octanol–water partition coefficient (Wildman–Crippen LogP) is 4.06. The number of sulfone groups is 1. The molecule has 1 aromatic carbocycles. The third-order valence-corrected chi connectivity index (χ3v) is 7.28. The fourth-order valence-electron chi connectivity index (χ4n) is 3.36. The van der Waals surface area contributed by atoms with Crippen molar-refractivity contribution in [3.05, 3.63) is 34.9 Å². The van der Waals surface area contributed by atoms with Crippen molar-refractivity contribution in [1.29, 1.82) is 0 Å². The Morgan fingerprint density at radius 2 is 1.83 bits per heavy atom. The number of fused-ring (bicyclic) bond motifs is 1. The molecule has 3 nitrogen and oxygen atoms in total. The van der Waals surface area contributed by atoms with Gasteiger partial charge in [0.2, 0.25) is 0 Å². The number of hydrogen-bond acceptors (Lipinski definition) is 3. The molecule has 0 spiro atoms. The molecular formula is C20H30O3S. The van der Waals surface area contributed by atoms with Crippen LogP contribution in [0, 0.1) is 0 Å². The van der Waals surface area contributed by atoms with Gasteiger partial charge in [-0.3, -0.25) is 4.79 Å². The highest BCUT2D eigenvalue weighted by molar-refractivity contribution is 7.91. The van der Waals surface area contributed by atoms with Gasteiger partial charge in [0.25, 0.3) is 0 Å². The molecule has 1 aliphatic carbocycles. The van der Waals surface area contributed by atoms with Crippen LogP contribution < -0.4 is 0 Å². The van der Waals surface area contributed by atoms with Gasteiger partial charge in [0.1, 0.15) is 5.78 Å². The van der Waals surface area contributed by atoms with Crippen LogP contribution in [-0.2, 0) is 33.9 Å². The third-order valence-electron chi connectivity index (χ3n) is 4.98. The second-order valence-corrected chi connectivity index (χ2v) is 9.88. The monoisotopic (exact) mass is 350 g/mol. The van der Waals surface area contributed by atoms with Crippen molar-refractivity contribution in [2.24, 2.45) is 0 Å². The van der Waals surface area contributed by atoms with Gasteiger partial charge >= 0.3 is 0 Å². The molecule has 1 aromatic rings. The first-order chi connectivity index (χ1) is 11.4. The van der Waals surface area contributed by atoms with Gasteiger partial charge in [-0.25, -0.2) is 8.42 Å². The smallest absolute Gasteiger partial charge is 0.152 e. The van der Waals surface area contributed by atoms with E-state index in [9.17, 15) is 13.2 Å². The normalized spacial score (nSPS) is 14.6. The Kier molecular flexibility index (Phi) is 7.02. The first-order valence-corrected chi connectivity index (χ1v) is 10.9. The van der Waals surface area contributed by atoms with Gasteiger partial charge in [0.05, 0.1) is 11.0 Å². The standard InChI is InChI=1S/C20H30O3S/c1-16(2)24(22,23)14-7-3-4-12-19(21)15-18-11-8-10-17-9-5-6-13-20(17)18/h8,10-11,16H,3-7,9,12-15H2,1-2H3. The van der Waals surface area contributed by atoms with E-state index in [0.717, 1.165) is 25.7 Å². The minimum atomic E-state index is -2.94. The highest BCUT2D eigenvalue weighted by Gasteiger charge is 2.16.